The first kappa shape index (κ1) is 13.5. The predicted molar refractivity (Wildman–Crippen MR) is 52.8 cm³/mol. The fourth-order valence-electron chi connectivity index (χ4n) is 0.792. The molecular formula is C9H14N2O4. The van der Waals surface area contributed by atoms with Crippen LogP contribution in [0.3, 0.4) is 0 Å². The Hall–Kier alpha value is -1.53. The molecular weight excluding hydrogens is 200 g/mol. The minimum Gasteiger partial charge on any atom is -0.462 e. The van der Waals surface area contributed by atoms with Crippen LogP contribution in [0.4, 0.5) is 0 Å². The Labute approximate surface area is 87.2 Å². The zero-order chi connectivity index (χ0) is 11.8. The summed E-state index contributed by atoms with van der Waals surface area (Å²) in [4.78, 5) is 33.4. The first-order valence-corrected chi connectivity index (χ1v) is 4.41. The molecule has 0 fully saturated rings. The minimum absolute atomic E-state index is 0.116. The zero-order valence-corrected chi connectivity index (χ0v) is 8.49. The maximum Gasteiger partial charge on any atom is 0.341 e. The number of esters is 1. The van der Waals surface area contributed by atoms with Crippen LogP contribution in [-0.4, -0.2) is 37.2 Å². The summed E-state index contributed by atoms with van der Waals surface area (Å²) >= 11 is 0. The Morgan fingerprint density at radius 2 is 1.80 bits per heavy atom. The lowest BCUT2D eigenvalue weighted by Gasteiger charge is -2.03. The van der Waals surface area contributed by atoms with Crippen LogP contribution in [0.15, 0.2) is 11.6 Å². The van der Waals surface area contributed by atoms with Crippen LogP contribution in [0.1, 0.15) is 6.92 Å². The predicted octanol–water partition coefficient (Wildman–Crippen LogP) is -1.47. The summed E-state index contributed by atoms with van der Waals surface area (Å²) in [7, 11) is 0. The van der Waals surface area contributed by atoms with Crippen LogP contribution in [0.25, 0.3) is 0 Å². The smallest absolute Gasteiger partial charge is 0.341 e. The van der Waals surface area contributed by atoms with Gasteiger partial charge in [-0.1, -0.05) is 0 Å². The number of nitrogens with two attached hydrogens (primary N) is 2. The molecule has 0 spiro atoms. The zero-order valence-electron chi connectivity index (χ0n) is 8.49. The van der Waals surface area contributed by atoms with Gasteiger partial charge in [0.25, 0.3) is 0 Å². The third kappa shape index (κ3) is 4.48. The Morgan fingerprint density at radius 3 is 2.20 bits per heavy atom. The molecule has 0 aromatic rings. The second-order valence-electron chi connectivity index (χ2n) is 2.58. The number of ether oxygens (including phenoxy) is 1. The standard InChI is InChI=1S/C9H14N2O4/c1-2-15-9(14)7(8(13)5-11)3-6(12)4-10/h3H,2,4-5,10-11H2,1H3. The van der Waals surface area contributed by atoms with Gasteiger partial charge in [0, 0.05) is 6.08 Å². The molecule has 0 aliphatic heterocycles. The molecule has 6 nitrogen and oxygen atoms in total. The van der Waals surface area contributed by atoms with Crippen molar-refractivity contribution in [2.24, 2.45) is 11.5 Å². The topological polar surface area (TPSA) is 112 Å². The van der Waals surface area contributed by atoms with Gasteiger partial charge in [0.2, 0.25) is 0 Å². The molecule has 15 heavy (non-hydrogen) atoms. The number of Topliss-reactive ketones (excluding diaryl/α,β-unsaturated/α-hetero) is 1. The third-order valence-electron chi connectivity index (χ3n) is 1.49. The summed E-state index contributed by atoms with van der Waals surface area (Å²) in [5.41, 5.74) is 9.78. The van der Waals surface area contributed by atoms with E-state index >= 15 is 0 Å². The lowest BCUT2D eigenvalue weighted by Crippen LogP contribution is -2.24. The van der Waals surface area contributed by atoms with Gasteiger partial charge in [0.05, 0.1) is 19.7 Å². The molecule has 0 aliphatic rings. The van der Waals surface area contributed by atoms with E-state index in [4.69, 9.17) is 11.5 Å². The molecule has 84 valence electrons. The maximum atomic E-state index is 11.2. The lowest BCUT2D eigenvalue weighted by atomic mass is 10.1. The number of hydrogen-bond acceptors (Lipinski definition) is 6. The summed E-state index contributed by atoms with van der Waals surface area (Å²) in [5.74, 6) is -2.02. The number of carbonyl (C=O) groups excluding carboxylic acids is 3. The van der Waals surface area contributed by atoms with E-state index in [2.05, 4.69) is 4.74 Å². The molecule has 0 amide bonds. The largest absolute Gasteiger partial charge is 0.462 e. The summed E-state index contributed by atoms with van der Waals surface area (Å²) < 4.78 is 4.60. The summed E-state index contributed by atoms with van der Waals surface area (Å²) in [6.07, 6.45) is 0.868. The molecule has 0 aromatic carbocycles. The normalized spacial score (nSPS) is 11.0. The Morgan fingerprint density at radius 1 is 1.20 bits per heavy atom. The summed E-state index contributed by atoms with van der Waals surface area (Å²) in [5, 5.41) is 0. The third-order valence-corrected chi connectivity index (χ3v) is 1.49. The van der Waals surface area contributed by atoms with Gasteiger partial charge >= 0.3 is 5.97 Å². The van der Waals surface area contributed by atoms with Crippen molar-refractivity contribution in [3.05, 3.63) is 11.6 Å². The number of rotatable bonds is 6. The Bertz CT molecular complexity index is 296. The average Bonchev–Trinajstić information content (AvgIpc) is 2.24. The molecule has 0 saturated carbocycles. The van der Waals surface area contributed by atoms with Crippen molar-refractivity contribution in [1.29, 1.82) is 0 Å². The van der Waals surface area contributed by atoms with E-state index in [9.17, 15) is 14.4 Å². The SMILES string of the molecule is CCOC(=O)C(=CC(=O)CN)C(=O)CN. The molecule has 0 radical (unpaired) electrons. The van der Waals surface area contributed by atoms with Gasteiger partial charge < -0.3 is 16.2 Å². The van der Waals surface area contributed by atoms with E-state index < -0.39 is 17.5 Å². The molecule has 4 N–H and O–H groups in total. The molecule has 0 rings (SSSR count). The molecule has 6 heteroatoms. The summed E-state index contributed by atoms with van der Waals surface area (Å²) in [6, 6.07) is 0. The summed E-state index contributed by atoms with van der Waals surface area (Å²) in [6.45, 7) is 1.07. The second-order valence-corrected chi connectivity index (χ2v) is 2.58. The van der Waals surface area contributed by atoms with Crippen molar-refractivity contribution in [2.45, 2.75) is 6.92 Å². The highest BCUT2D eigenvalue weighted by atomic mass is 16.5. The molecule has 0 bridgehead atoms. The molecule has 0 unspecified atom stereocenters. The van der Waals surface area contributed by atoms with Gasteiger partial charge in [-0.15, -0.1) is 0 Å². The molecule has 0 aliphatic carbocycles. The lowest BCUT2D eigenvalue weighted by molar-refractivity contribution is -0.140. The van der Waals surface area contributed by atoms with Crippen molar-refractivity contribution in [2.75, 3.05) is 19.7 Å². The Kier molecular flexibility index (Phi) is 6.16. The van der Waals surface area contributed by atoms with E-state index in [1.165, 1.54) is 0 Å². The van der Waals surface area contributed by atoms with E-state index in [-0.39, 0.29) is 25.3 Å². The van der Waals surface area contributed by atoms with E-state index in [1.807, 2.05) is 0 Å². The maximum absolute atomic E-state index is 11.2. The van der Waals surface area contributed by atoms with Crippen LogP contribution in [-0.2, 0) is 19.1 Å². The number of hydrogen-bond donors (Lipinski definition) is 2. The van der Waals surface area contributed by atoms with Gasteiger partial charge in [0.1, 0.15) is 5.57 Å². The first-order chi connectivity index (χ1) is 7.06. The Balaban J connectivity index is 4.88. The molecule has 0 atom stereocenters. The number of carbonyl (C=O) groups is 3. The van der Waals surface area contributed by atoms with Gasteiger partial charge in [-0.3, -0.25) is 9.59 Å². The van der Waals surface area contributed by atoms with Gasteiger partial charge in [-0.05, 0) is 6.92 Å². The van der Waals surface area contributed by atoms with Gasteiger partial charge in [-0.2, -0.15) is 0 Å². The van der Waals surface area contributed by atoms with Crippen molar-refractivity contribution < 1.29 is 19.1 Å². The average molecular weight is 214 g/mol. The van der Waals surface area contributed by atoms with Crippen LogP contribution in [0.2, 0.25) is 0 Å². The fraction of sp³-hybridized carbons (Fsp3) is 0.444. The van der Waals surface area contributed by atoms with Gasteiger partial charge in [-0.25, -0.2) is 4.79 Å². The monoisotopic (exact) mass is 214 g/mol. The number of ketones is 2. The quantitative estimate of drug-likeness (QED) is 0.241. The second kappa shape index (κ2) is 6.86. The van der Waals surface area contributed by atoms with Crippen LogP contribution in [0.5, 0.6) is 0 Å². The van der Waals surface area contributed by atoms with Crippen molar-refractivity contribution in [3.63, 3.8) is 0 Å². The van der Waals surface area contributed by atoms with Crippen molar-refractivity contribution >= 4 is 17.5 Å². The van der Waals surface area contributed by atoms with E-state index in [1.54, 1.807) is 6.92 Å². The fourth-order valence-corrected chi connectivity index (χ4v) is 0.792. The van der Waals surface area contributed by atoms with E-state index in [0.29, 0.717) is 0 Å². The van der Waals surface area contributed by atoms with Crippen LogP contribution < -0.4 is 11.5 Å². The van der Waals surface area contributed by atoms with Gasteiger partial charge in [0.15, 0.2) is 11.6 Å². The van der Waals surface area contributed by atoms with E-state index in [0.717, 1.165) is 6.08 Å². The first-order valence-electron chi connectivity index (χ1n) is 4.41. The highest BCUT2D eigenvalue weighted by molar-refractivity contribution is 6.21. The van der Waals surface area contributed by atoms with Crippen molar-refractivity contribution in [3.8, 4) is 0 Å². The molecule has 0 aromatic heterocycles. The minimum atomic E-state index is -0.852. The van der Waals surface area contributed by atoms with Crippen LogP contribution >= 0.6 is 0 Å². The van der Waals surface area contributed by atoms with Crippen molar-refractivity contribution in [1.82, 2.24) is 0 Å². The highest BCUT2D eigenvalue weighted by Crippen LogP contribution is 2.00. The highest BCUT2D eigenvalue weighted by Gasteiger charge is 2.19. The van der Waals surface area contributed by atoms with Crippen LogP contribution in [0, 0.1) is 0 Å². The molecule has 0 saturated heterocycles. The molecule has 0 heterocycles.